The largest absolute Gasteiger partial charge is 0.460 e. The summed E-state index contributed by atoms with van der Waals surface area (Å²) in [5, 5.41) is 0. The molecule has 0 spiro atoms. The van der Waals surface area contributed by atoms with Crippen molar-refractivity contribution in [3.8, 4) is 0 Å². The highest BCUT2D eigenvalue weighted by Gasteiger charge is 2.95. The molecule has 0 fully saturated rings. The third-order valence-electron chi connectivity index (χ3n) is 4.13. The summed E-state index contributed by atoms with van der Waals surface area (Å²) in [5.41, 5.74) is -2.96. The highest BCUT2D eigenvalue weighted by atomic mass is 19.4. The van der Waals surface area contributed by atoms with E-state index in [-0.39, 0.29) is 30.6 Å². The van der Waals surface area contributed by atoms with Crippen LogP contribution < -0.4 is 0 Å². The summed E-state index contributed by atoms with van der Waals surface area (Å²) in [6, 6.07) is -0.0999. The van der Waals surface area contributed by atoms with Crippen LogP contribution in [0.2, 0.25) is 0 Å². The first-order chi connectivity index (χ1) is 14.3. The molecule has 0 heterocycles. The van der Waals surface area contributed by atoms with E-state index in [1.165, 1.54) is 0 Å². The van der Waals surface area contributed by atoms with Crippen molar-refractivity contribution < 1.29 is 79.4 Å². The van der Waals surface area contributed by atoms with Crippen molar-refractivity contribution >= 4 is 6.29 Å². The van der Waals surface area contributed by atoms with E-state index in [2.05, 4.69) is 0 Å². The van der Waals surface area contributed by atoms with Gasteiger partial charge in [-0.3, -0.25) is 4.79 Å². The van der Waals surface area contributed by atoms with Gasteiger partial charge in [-0.2, -0.15) is 74.6 Å². The normalized spacial score (nSPS) is 15.5. The first-order valence-corrected chi connectivity index (χ1v) is 7.56. The van der Waals surface area contributed by atoms with Gasteiger partial charge in [-0.25, -0.2) is 0 Å². The summed E-state index contributed by atoms with van der Waals surface area (Å²) in [5.74, 6) is -56.8. The fourth-order valence-electron chi connectivity index (χ4n) is 2.12. The number of hydrogen-bond donors (Lipinski definition) is 0. The molecule has 190 valence electrons. The fraction of sp³-hybridized carbons (Fsp3) is 0.533. The van der Waals surface area contributed by atoms with Gasteiger partial charge >= 0.3 is 47.6 Å². The Morgan fingerprint density at radius 3 is 1.06 bits per heavy atom. The van der Waals surface area contributed by atoms with Crippen molar-refractivity contribution in [3.05, 3.63) is 35.4 Å². The fourth-order valence-corrected chi connectivity index (χ4v) is 2.12. The minimum atomic E-state index is -8.66. The Balaban J connectivity index is 3.69. The molecule has 1 nitrogen and oxygen atoms in total. The highest BCUT2D eigenvalue weighted by Crippen LogP contribution is 2.64. The van der Waals surface area contributed by atoms with Crippen molar-refractivity contribution in [2.75, 3.05) is 0 Å². The summed E-state index contributed by atoms with van der Waals surface area (Å²) < 4.78 is 224. The lowest BCUT2D eigenvalue weighted by atomic mass is 9.87. The van der Waals surface area contributed by atoms with Gasteiger partial charge in [-0.15, -0.1) is 0 Å². The molecule has 0 aliphatic heterocycles. The predicted molar refractivity (Wildman–Crippen MR) is 71.5 cm³/mol. The first kappa shape index (κ1) is 28.7. The topological polar surface area (TPSA) is 17.1 Å². The van der Waals surface area contributed by atoms with Crippen molar-refractivity contribution in [2.45, 2.75) is 47.6 Å². The van der Waals surface area contributed by atoms with E-state index < -0.39 is 58.8 Å². The Bertz CT molecular complexity index is 865. The van der Waals surface area contributed by atoms with Crippen LogP contribution in [0, 0.1) is 0 Å². The molecule has 0 N–H and O–H groups in total. The molecule has 0 aliphatic rings. The van der Waals surface area contributed by atoms with Crippen LogP contribution >= 0.6 is 0 Å². The van der Waals surface area contributed by atoms with Crippen molar-refractivity contribution in [2.24, 2.45) is 0 Å². The third kappa shape index (κ3) is 3.68. The van der Waals surface area contributed by atoms with Crippen LogP contribution in [0.3, 0.4) is 0 Å². The van der Waals surface area contributed by atoms with Gasteiger partial charge in [0.15, 0.2) is 0 Å². The average molecular weight is 524 g/mol. The molecule has 0 amide bonds. The Morgan fingerprint density at radius 1 is 0.455 bits per heavy atom. The van der Waals surface area contributed by atoms with Crippen LogP contribution in [-0.4, -0.2) is 48.0 Å². The monoisotopic (exact) mass is 524 g/mol. The maximum atomic E-state index is 13.9. The standard InChI is InChI=1S/C15H5F17O/c16-8(17,7-3-1-6(5-33)2-4-7)9(18,19)10(20,21)11(22,23)12(24,25)13(26,27)14(28,29)15(30,31)32/h1-5H. The van der Waals surface area contributed by atoms with E-state index in [0.29, 0.717) is 0 Å². The molecule has 0 saturated heterocycles. The van der Waals surface area contributed by atoms with Crippen LogP contribution in [0.25, 0.3) is 0 Å². The van der Waals surface area contributed by atoms with Gasteiger partial charge in [-0.1, -0.05) is 24.3 Å². The second-order valence-corrected chi connectivity index (χ2v) is 6.26. The minimum absolute atomic E-state index is 0.119. The van der Waals surface area contributed by atoms with Crippen molar-refractivity contribution in [1.82, 2.24) is 0 Å². The van der Waals surface area contributed by atoms with Crippen molar-refractivity contribution in [3.63, 3.8) is 0 Å². The zero-order valence-electron chi connectivity index (χ0n) is 14.7. The van der Waals surface area contributed by atoms with E-state index in [9.17, 15) is 79.4 Å². The van der Waals surface area contributed by atoms with E-state index >= 15 is 0 Å². The molecule has 0 bridgehead atoms. The second kappa shape index (κ2) is 7.61. The smallest absolute Gasteiger partial charge is 0.298 e. The Kier molecular flexibility index (Phi) is 6.63. The molecular formula is C15H5F17O. The molecular weight excluding hydrogens is 519 g/mol. The third-order valence-corrected chi connectivity index (χ3v) is 4.13. The first-order valence-electron chi connectivity index (χ1n) is 7.56. The number of carbonyl (C=O) groups is 1. The number of hydrogen-bond acceptors (Lipinski definition) is 1. The van der Waals surface area contributed by atoms with Crippen molar-refractivity contribution in [1.29, 1.82) is 0 Å². The minimum Gasteiger partial charge on any atom is -0.298 e. The number of halogens is 17. The molecule has 1 aromatic rings. The van der Waals surface area contributed by atoms with Gasteiger partial charge in [-0.05, 0) is 0 Å². The van der Waals surface area contributed by atoms with E-state index in [4.69, 9.17) is 0 Å². The molecule has 0 radical (unpaired) electrons. The molecule has 0 unspecified atom stereocenters. The SMILES string of the molecule is O=Cc1ccc(C(F)(F)C(F)(F)C(F)(F)C(F)(F)C(F)(F)C(F)(F)C(F)(F)C(F)(F)F)cc1. The summed E-state index contributed by atoms with van der Waals surface area (Å²) in [6.45, 7) is 0. The predicted octanol–water partition coefficient (Wildman–Crippen LogP) is 6.97. The Labute approximate surface area is 170 Å². The van der Waals surface area contributed by atoms with E-state index in [0.717, 1.165) is 0 Å². The number of benzene rings is 1. The molecule has 1 aromatic carbocycles. The summed E-state index contributed by atoms with van der Waals surface area (Å²) in [4.78, 5) is 10.4. The maximum absolute atomic E-state index is 13.9. The lowest BCUT2D eigenvalue weighted by molar-refractivity contribution is -0.462. The van der Waals surface area contributed by atoms with Gasteiger partial charge in [0.1, 0.15) is 6.29 Å². The quantitative estimate of drug-likeness (QED) is 0.266. The van der Waals surface area contributed by atoms with Gasteiger partial charge in [0.2, 0.25) is 0 Å². The highest BCUT2D eigenvalue weighted by molar-refractivity contribution is 5.74. The lowest BCUT2D eigenvalue weighted by Crippen LogP contribution is -2.74. The summed E-state index contributed by atoms with van der Waals surface area (Å²) in [6.07, 6.45) is -7.91. The van der Waals surface area contributed by atoms with Crippen LogP contribution in [0.1, 0.15) is 15.9 Å². The maximum Gasteiger partial charge on any atom is 0.460 e. The van der Waals surface area contributed by atoms with Crippen LogP contribution in [0.15, 0.2) is 24.3 Å². The summed E-state index contributed by atoms with van der Waals surface area (Å²) >= 11 is 0. The molecule has 1 rings (SSSR count). The van der Waals surface area contributed by atoms with Gasteiger partial charge < -0.3 is 0 Å². The molecule has 0 aliphatic carbocycles. The van der Waals surface area contributed by atoms with Gasteiger partial charge in [0, 0.05) is 11.1 Å². The molecule has 0 aromatic heterocycles. The zero-order chi connectivity index (χ0) is 26.7. The molecule has 33 heavy (non-hydrogen) atoms. The zero-order valence-corrected chi connectivity index (χ0v) is 14.7. The molecule has 18 heteroatoms. The Morgan fingerprint density at radius 2 is 0.758 bits per heavy atom. The lowest BCUT2D eigenvalue weighted by Gasteiger charge is -2.42. The molecule has 0 saturated carbocycles. The van der Waals surface area contributed by atoms with E-state index in [1.54, 1.807) is 0 Å². The number of alkyl halides is 17. The number of carbonyl (C=O) groups excluding carboxylic acids is 1. The number of rotatable bonds is 8. The summed E-state index contributed by atoms with van der Waals surface area (Å²) in [7, 11) is 0. The van der Waals surface area contributed by atoms with Crippen LogP contribution in [0.4, 0.5) is 74.6 Å². The van der Waals surface area contributed by atoms with Gasteiger partial charge in [0.05, 0.1) is 0 Å². The van der Waals surface area contributed by atoms with Crippen LogP contribution in [0.5, 0.6) is 0 Å². The molecule has 0 atom stereocenters. The Hall–Kier alpha value is -2.30. The number of aldehydes is 1. The second-order valence-electron chi connectivity index (χ2n) is 6.26. The van der Waals surface area contributed by atoms with Crippen LogP contribution in [-0.2, 0) is 5.92 Å². The van der Waals surface area contributed by atoms with Gasteiger partial charge in [0.25, 0.3) is 0 Å². The van der Waals surface area contributed by atoms with E-state index in [1.807, 2.05) is 0 Å². The average Bonchev–Trinajstić information content (AvgIpc) is 2.66.